The van der Waals surface area contributed by atoms with Crippen LogP contribution in [0.3, 0.4) is 0 Å². The molecular weight excluding hydrogens is 302 g/mol. The van der Waals surface area contributed by atoms with Crippen molar-refractivity contribution in [1.82, 2.24) is 10.2 Å². The first kappa shape index (κ1) is 18.3. The molecule has 5 heteroatoms. The van der Waals surface area contributed by atoms with E-state index < -0.39 is 0 Å². The van der Waals surface area contributed by atoms with Crippen molar-refractivity contribution < 1.29 is 9.90 Å². The van der Waals surface area contributed by atoms with E-state index in [1.54, 1.807) is 6.08 Å². The highest BCUT2D eigenvalue weighted by molar-refractivity contribution is 5.74. The van der Waals surface area contributed by atoms with Gasteiger partial charge in [0.15, 0.2) is 0 Å². The van der Waals surface area contributed by atoms with Crippen LogP contribution in [-0.4, -0.2) is 48.8 Å². The number of benzene rings is 1. The van der Waals surface area contributed by atoms with Gasteiger partial charge in [0.2, 0.25) is 0 Å². The molecule has 24 heavy (non-hydrogen) atoms. The van der Waals surface area contributed by atoms with Gasteiger partial charge >= 0.3 is 6.03 Å². The summed E-state index contributed by atoms with van der Waals surface area (Å²) in [5, 5.41) is 11.9. The van der Waals surface area contributed by atoms with Crippen LogP contribution in [0.5, 0.6) is 0 Å². The maximum Gasteiger partial charge on any atom is 0.318 e. The van der Waals surface area contributed by atoms with Gasteiger partial charge in [-0.3, -0.25) is 0 Å². The van der Waals surface area contributed by atoms with Gasteiger partial charge in [-0.25, -0.2) is 4.79 Å². The van der Waals surface area contributed by atoms with Gasteiger partial charge in [-0.2, -0.15) is 0 Å². The van der Waals surface area contributed by atoms with Gasteiger partial charge in [0.1, 0.15) is 0 Å². The monoisotopic (exact) mass is 331 g/mol. The second-order valence-electron chi connectivity index (χ2n) is 6.45. The molecular formula is C19H29N3O2. The molecule has 1 heterocycles. The Kier molecular flexibility index (Phi) is 7.12. The average molecular weight is 331 g/mol. The Morgan fingerprint density at radius 1 is 1.38 bits per heavy atom. The number of anilines is 1. The fourth-order valence-electron chi connectivity index (χ4n) is 2.93. The van der Waals surface area contributed by atoms with Gasteiger partial charge in [0.25, 0.3) is 0 Å². The standard InChI is InChI=1S/C19H29N3O2/c1-3-10-22(13-14-23)19(24)20-15-17-4-6-18(7-5-17)21-11-8-16(2)9-12-21/h3-7,16,23H,1,8-15H2,2H3,(H,20,24). The molecule has 1 saturated heterocycles. The van der Waals surface area contributed by atoms with Crippen molar-refractivity contribution in [3.63, 3.8) is 0 Å². The van der Waals surface area contributed by atoms with Crippen LogP contribution in [0.15, 0.2) is 36.9 Å². The molecule has 1 aliphatic heterocycles. The van der Waals surface area contributed by atoms with Crippen LogP contribution >= 0.6 is 0 Å². The smallest absolute Gasteiger partial charge is 0.318 e. The van der Waals surface area contributed by atoms with Gasteiger partial charge in [-0.15, -0.1) is 6.58 Å². The molecule has 2 N–H and O–H groups in total. The van der Waals surface area contributed by atoms with Crippen LogP contribution in [0.4, 0.5) is 10.5 Å². The third-order valence-corrected chi connectivity index (χ3v) is 4.54. The van der Waals surface area contributed by atoms with E-state index in [4.69, 9.17) is 5.11 Å². The van der Waals surface area contributed by atoms with E-state index in [1.807, 2.05) is 0 Å². The Bertz CT molecular complexity index is 522. The third kappa shape index (κ3) is 5.27. The number of hydrogen-bond donors (Lipinski definition) is 2. The SMILES string of the molecule is C=CCN(CCO)C(=O)NCc1ccc(N2CCC(C)CC2)cc1. The molecule has 2 amide bonds. The highest BCUT2D eigenvalue weighted by atomic mass is 16.3. The first-order valence-electron chi connectivity index (χ1n) is 8.72. The zero-order valence-corrected chi connectivity index (χ0v) is 14.6. The molecule has 0 unspecified atom stereocenters. The van der Waals surface area contributed by atoms with Gasteiger partial charge in [0, 0.05) is 38.4 Å². The predicted octanol–water partition coefficient (Wildman–Crippen LogP) is 2.61. The normalized spacial score (nSPS) is 15.2. The molecule has 0 bridgehead atoms. The van der Waals surface area contributed by atoms with E-state index in [2.05, 4.69) is 48.0 Å². The number of nitrogens with zero attached hydrogens (tertiary/aromatic N) is 2. The molecule has 1 fully saturated rings. The molecule has 2 rings (SSSR count). The lowest BCUT2D eigenvalue weighted by Crippen LogP contribution is -2.41. The number of hydrogen-bond acceptors (Lipinski definition) is 3. The highest BCUT2D eigenvalue weighted by Gasteiger charge is 2.16. The molecule has 0 aliphatic carbocycles. The summed E-state index contributed by atoms with van der Waals surface area (Å²) in [6, 6.07) is 8.21. The molecule has 1 aromatic rings. The van der Waals surface area contributed by atoms with Crippen molar-refractivity contribution >= 4 is 11.7 Å². The van der Waals surface area contributed by atoms with Crippen molar-refractivity contribution in [2.24, 2.45) is 5.92 Å². The van der Waals surface area contributed by atoms with Crippen LogP contribution in [-0.2, 0) is 6.54 Å². The van der Waals surface area contributed by atoms with Crippen molar-refractivity contribution in [3.8, 4) is 0 Å². The molecule has 1 aromatic carbocycles. The Hall–Kier alpha value is -2.01. The van der Waals surface area contributed by atoms with Crippen molar-refractivity contribution in [1.29, 1.82) is 0 Å². The third-order valence-electron chi connectivity index (χ3n) is 4.54. The van der Waals surface area contributed by atoms with Crippen molar-refractivity contribution in [3.05, 3.63) is 42.5 Å². The molecule has 1 aliphatic rings. The number of aliphatic hydroxyl groups excluding tert-OH is 1. The van der Waals surface area contributed by atoms with Crippen LogP contribution in [0.1, 0.15) is 25.3 Å². The summed E-state index contributed by atoms with van der Waals surface area (Å²) >= 11 is 0. The molecule has 0 aromatic heterocycles. The van der Waals surface area contributed by atoms with Crippen LogP contribution in [0, 0.1) is 5.92 Å². The lowest BCUT2D eigenvalue weighted by molar-refractivity contribution is 0.183. The van der Waals surface area contributed by atoms with Crippen LogP contribution in [0.2, 0.25) is 0 Å². The number of aliphatic hydroxyl groups is 1. The van der Waals surface area contributed by atoms with E-state index in [0.29, 0.717) is 19.6 Å². The van der Waals surface area contributed by atoms with Crippen LogP contribution in [0.25, 0.3) is 0 Å². The minimum atomic E-state index is -0.182. The lowest BCUT2D eigenvalue weighted by Gasteiger charge is -2.32. The van der Waals surface area contributed by atoms with E-state index in [0.717, 1.165) is 24.6 Å². The maximum atomic E-state index is 12.1. The summed E-state index contributed by atoms with van der Waals surface area (Å²) in [7, 11) is 0. The van der Waals surface area contributed by atoms with Gasteiger partial charge < -0.3 is 20.2 Å². The van der Waals surface area contributed by atoms with E-state index in [9.17, 15) is 4.79 Å². The van der Waals surface area contributed by atoms with E-state index in [-0.39, 0.29) is 12.6 Å². The summed E-state index contributed by atoms with van der Waals surface area (Å²) in [5.41, 5.74) is 2.32. The molecule has 0 spiro atoms. The summed E-state index contributed by atoms with van der Waals surface area (Å²) < 4.78 is 0. The van der Waals surface area contributed by atoms with E-state index >= 15 is 0 Å². The predicted molar refractivity (Wildman–Crippen MR) is 98.1 cm³/mol. The summed E-state index contributed by atoms with van der Waals surface area (Å²) in [6.45, 7) is 9.36. The minimum Gasteiger partial charge on any atom is -0.395 e. The molecule has 0 saturated carbocycles. The largest absolute Gasteiger partial charge is 0.395 e. The molecule has 0 radical (unpaired) electrons. The average Bonchev–Trinajstić information content (AvgIpc) is 2.61. The number of urea groups is 1. The van der Waals surface area contributed by atoms with Crippen molar-refractivity contribution in [2.75, 3.05) is 37.7 Å². The fourth-order valence-corrected chi connectivity index (χ4v) is 2.93. The number of piperidine rings is 1. The van der Waals surface area contributed by atoms with E-state index in [1.165, 1.54) is 23.4 Å². The number of carbonyl (C=O) groups excluding carboxylic acids is 1. The lowest BCUT2D eigenvalue weighted by atomic mass is 9.99. The van der Waals surface area contributed by atoms with Gasteiger partial charge in [-0.05, 0) is 36.5 Å². The Morgan fingerprint density at radius 2 is 2.04 bits per heavy atom. The number of nitrogens with one attached hydrogen (secondary N) is 1. The highest BCUT2D eigenvalue weighted by Crippen LogP contribution is 2.23. The molecule has 0 atom stereocenters. The topological polar surface area (TPSA) is 55.8 Å². The van der Waals surface area contributed by atoms with Gasteiger partial charge in [0.05, 0.1) is 6.61 Å². The van der Waals surface area contributed by atoms with Gasteiger partial charge in [-0.1, -0.05) is 25.1 Å². The Morgan fingerprint density at radius 3 is 2.62 bits per heavy atom. The quantitative estimate of drug-likeness (QED) is 0.755. The zero-order chi connectivity index (χ0) is 17.4. The Labute approximate surface area is 145 Å². The second-order valence-corrected chi connectivity index (χ2v) is 6.45. The number of rotatable bonds is 7. The summed E-state index contributed by atoms with van der Waals surface area (Å²) in [6.07, 6.45) is 4.16. The Balaban J connectivity index is 1.85. The fraction of sp³-hybridized carbons (Fsp3) is 0.526. The van der Waals surface area contributed by atoms with Crippen LogP contribution < -0.4 is 10.2 Å². The maximum absolute atomic E-state index is 12.1. The molecule has 132 valence electrons. The zero-order valence-electron chi connectivity index (χ0n) is 14.6. The minimum absolute atomic E-state index is 0.0512. The number of amides is 2. The number of carbonyl (C=O) groups is 1. The second kappa shape index (κ2) is 9.33. The molecule has 5 nitrogen and oxygen atoms in total. The summed E-state index contributed by atoms with van der Waals surface area (Å²) in [4.78, 5) is 16.1. The van der Waals surface area contributed by atoms with Crippen molar-refractivity contribution in [2.45, 2.75) is 26.3 Å². The summed E-state index contributed by atoms with van der Waals surface area (Å²) in [5.74, 6) is 0.827. The first-order valence-corrected chi connectivity index (χ1v) is 8.72. The first-order chi connectivity index (χ1) is 11.6.